The van der Waals surface area contributed by atoms with Gasteiger partial charge in [0.25, 0.3) is 0 Å². The lowest BCUT2D eigenvalue weighted by Gasteiger charge is -2.14. The zero-order chi connectivity index (χ0) is 11.3. The highest BCUT2D eigenvalue weighted by Crippen LogP contribution is 2.25. The fourth-order valence-electron chi connectivity index (χ4n) is 1.26. The van der Waals surface area contributed by atoms with Gasteiger partial charge >= 0.3 is 5.71 Å². The lowest BCUT2D eigenvalue weighted by Crippen LogP contribution is -2.15. The summed E-state index contributed by atoms with van der Waals surface area (Å²) in [4.78, 5) is 3.17. The number of ether oxygens (including phenoxy) is 2. The molecule has 82 valence electrons. The van der Waals surface area contributed by atoms with Gasteiger partial charge in [-0.25, -0.2) is 0 Å². The van der Waals surface area contributed by atoms with E-state index in [0.29, 0.717) is 41.9 Å². The molecule has 0 aromatic rings. The van der Waals surface area contributed by atoms with E-state index in [2.05, 4.69) is 4.79 Å². The zero-order valence-corrected chi connectivity index (χ0v) is 9.54. The molecular formula is C10H13ClN2O2. The van der Waals surface area contributed by atoms with Gasteiger partial charge in [-0.15, -0.1) is 0 Å². The Labute approximate surface area is 93.8 Å². The predicted octanol–water partition coefficient (Wildman–Crippen LogP) is 2.47. The van der Waals surface area contributed by atoms with E-state index in [4.69, 9.17) is 26.6 Å². The topological polar surface area (TPSA) is 54.9 Å². The Morgan fingerprint density at radius 3 is 2.60 bits per heavy atom. The van der Waals surface area contributed by atoms with Crippen LogP contribution < -0.4 is 0 Å². The Morgan fingerprint density at radius 2 is 2.07 bits per heavy atom. The number of rotatable bonds is 4. The van der Waals surface area contributed by atoms with Crippen LogP contribution in [0.25, 0.3) is 5.53 Å². The van der Waals surface area contributed by atoms with Gasteiger partial charge in [-0.2, -0.15) is 4.79 Å². The van der Waals surface area contributed by atoms with Gasteiger partial charge in [0.2, 0.25) is 5.76 Å². The van der Waals surface area contributed by atoms with E-state index in [1.165, 1.54) is 0 Å². The Hall–Kier alpha value is -1.25. The van der Waals surface area contributed by atoms with E-state index in [1.54, 1.807) is 6.08 Å². The summed E-state index contributed by atoms with van der Waals surface area (Å²) >= 11 is 5.98. The van der Waals surface area contributed by atoms with E-state index in [-0.39, 0.29) is 0 Å². The summed E-state index contributed by atoms with van der Waals surface area (Å²) in [5, 5.41) is 0.493. The van der Waals surface area contributed by atoms with Crippen molar-refractivity contribution in [2.45, 2.75) is 20.3 Å². The van der Waals surface area contributed by atoms with E-state index in [0.717, 1.165) is 0 Å². The molecule has 0 aromatic carbocycles. The molecule has 1 rings (SSSR count). The minimum Gasteiger partial charge on any atom is -0.496 e. The van der Waals surface area contributed by atoms with Crippen molar-refractivity contribution in [3.63, 3.8) is 0 Å². The second-order valence-corrected chi connectivity index (χ2v) is 3.28. The third-order valence-electron chi connectivity index (χ3n) is 1.88. The van der Waals surface area contributed by atoms with Crippen molar-refractivity contribution in [2.24, 2.45) is 0 Å². The molecule has 0 amide bonds. The summed E-state index contributed by atoms with van der Waals surface area (Å²) in [6.45, 7) is 4.75. The normalized spacial score (nSPS) is 15.9. The van der Waals surface area contributed by atoms with E-state index in [9.17, 15) is 0 Å². The lowest BCUT2D eigenvalue weighted by atomic mass is 10.1. The second-order valence-electron chi connectivity index (χ2n) is 2.87. The van der Waals surface area contributed by atoms with Crippen molar-refractivity contribution in [2.75, 3.05) is 13.2 Å². The van der Waals surface area contributed by atoms with Gasteiger partial charge in [-0.05, 0) is 13.8 Å². The average molecular weight is 229 g/mol. The van der Waals surface area contributed by atoms with Gasteiger partial charge in [0.1, 0.15) is 12.2 Å². The Morgan fingerprint density at radius 1 is 1.40 bits per heavy atom. The minimum absolute atomic E-state index is 0.356. The molecule has 5 heteroatoms. The van der Waals surface area contributed by atoms with Crippen LogP contribution in [0.5, 0.6) is 0 Å². The summed E-state index contributed by atoms with van der Waals surface area (Å²) in [7, 11) is 0. The van der Waals surface area contributed by atoms with Crippen molar-refractivity contribution in [3.05, 3.63) is 28.2 Å². The molecule has 0 bridgehead atoms. The predicted molar refractivity (Wildman–Crippen MR) is 57.5 cm³/mol. The summed E-state index contributed by atoms with van der Waals surface area (Å²) in [6, 6.07) is 0. The third kappa shape index (κ3) is 2.85. The highest BCUT2D eigenvalue weighted by atomic mass is 35.5. The maximum absolute atomic E-state index is 8.81. The van der Waals surface area contributed by atoms with E-state index >= 15 is 0 Å². The van der Waals surface area contributed by atoms with Gasteiger partial charge in [0, 0.05) is 6.08 Å². The third-order valence-corrected chi connectivity index (χ3v) is 2.20. The molecule has 0 radical (unpaired) electrons. The summed E-state index contributed by atoms with van der Waals surface area (Å²) in [5.74, 6) is 1.10. The van der Waals surface area contributed by atoms with Crippen LogP contribution in [0.4, 0.5) is 0 Å². The highest BCUT2D eigenvalue weighted by Gasteiger charge is 2.26. The molecule has 0 unspecified atom stereocenters. The first-order valence-corrected chi connectivity index (χ1v) is 5.17. The van der Waals surface area contributed by atoms with Crippen LogP contribution in [0.3, 0.4) is 0 Å². The summed E-state index contributed by atoms with van der Waals surface area (Å²) in [5.41, 5.74) is 9.24. The summed E-state index contributed by atoms with van der Waals surface area (Å²) < 4.78 is 10.6. The second kappa shape index (κ2) is 5.59. The lowest BCUT2D eigenvalue weighted by molar-refractivity contribution is -0.0134. The molecule has 0 N–H and O–H groups in total. The van der Waals surface area contributed by atoms with Gasteiger partial charge in [0.05, 0.1) is 18.2 Å². The highest BCUT2D eigenvalue weighted by molar-refractivity contribution is 6.32. The Bertz CT molecular complexity index is 354. The quantitative estimate of drug-likeness (QED) is 0.548. The number of nitrogens with zero attached hydrogens (tertiary/aromatic N) is 2. The Kier molecular flexibility index (Phi) is 4.40. The van der Waals surface area contributed by atoms with Gasteiger partial charge in [-0.1, -0.05) is 11.6 Å². The van der Waals surface area contributed by atoms with Crippen molar-refractivity contribution in [1.29, 1.82) is 0 Å². The van der Waals surface area contributed by atoms with Crippen LogP contribution in [0.2, 0.25) is 0 Å². The van der Waals surface area contributed by atoms with Gasteiger partial charge in [0.15, 0.2) is 0 Å². The first kappa shape index (κ1) is 11.8. The smallest absolute Gasteiger partial charge is 0.340 e. The maximum Gasteiger partial charge on any atom is 0.340 e. The van der Waals surface area contributed by atoms with Crippen LogP contribution in [0, 0.1) is 0 Å². The minimum atomic E-state index is 0.356. The van der Waals surface area contributed by atoms with Crippen molar-refractivity contribution < 1.29 is 14.3 Å². The molecular weight excluding hydrogens is 216 g/mol. The van der Waals surface area contributed by atoms with Crippen molar-refractivity contribution >= 4 is 17.3 Å². The largest absolute Gasteiger partial charge is 0.496 e. The first-order chi connectivity index (χ1) is 7.22. The molecule has 1 aliphatic rings. The molecule has 0 aromatic heterocycles. The molecule has 0 saturated heterocycles. The number of allylic oxidation sites excluding steroid dienone is 4. The van der Waals surface area contributed by atoms with E-state index in [1.807, 2.05) is 13.8 Å². The molecule has 0 fully saturated rings. The molecule has 0 heterocycles. The fourth-order valence-corrected chi connectivity index (χ4v) is 1.48. The molecule has 0 spiro atoms. The number of halogens is 1. The molecule has 1 aliphatic carbocycles. The van der Waals surface area contributed by atoms with Gasteiger partial charge in [-0.3, -0.25) is 0 Å². The van der Waals surface area contributed by atoms with Crippen molar-refractivity contribution in [3.8, 4) is 0 Å². The monoisotopic (exact) mass is 228 g/mol. The molecule has 4 nitrogen and oxygen atoms in total. The SMILES string of the molecule is CCOC1=CC(Cl)=C(OCC)CC1=[N+]=[N-]. The van der Waals surface area contributed by atoms with Crippen LogP contribution >= 0.6 is 11.6 Å². The first-order valence-electron chi connectivity index (χ1n) is 4.80. The van der Waals surface area contributed by atoms with Gasteiger partial charge < -0.3 is 15.0 Å². The molecule has 0 aliphatic heterocycles. The molecule has 0 atom stereocenters. The Balaban J connectivity index is 2.96. The zero-order valence-electron chi connectivity index (χ0n) is 8.79. The van der Waals surface area contributed by atoms with Crippen LogP contribution in [0.15, 0.2) is 22.6 Å². The van der Waals surface area contributed by atoms with Crippen LogP contribution in [-0.2, 0) is 9.47 Å². The summed E-state index contributed by atoms with van der Waals surface area (Å²) in [6.07, 6.45) is 1.96. The molecule has 15 heavy (non-hydrogen) atoms. The fraction of sp³-hybridized carbons (Fsp3) is 0.500. The molecule has 0 saturated carbocycles. The van der Waals surface area contributed by atoms with Crippen molar-refractivity contribution in [1.82, 2.24) is 0 Å². The average Bonchev–Trinajstić information content (AvgIpc) is 2.22. The maximum atomic E-state index is 8.81. The van der Waals surface area contributed by atoms with E-state index < -0.39 is 0 Å². The van der Waals surface area contributed by atoms with Crippen LogP contribution in [-0.4, -0.2) is 23.7 Å². The number of hydrogen-bond acceptors (Lipinski definition) is 2. The number of hydrogen-bond donors (Lipinski definition) is 0. The van der Waals surface area contributed by atoms with Crippen LogP contribution in [0.1, 0.15) is 20.3 Å². The standard InChI is InChI=1S/C10H13ClN2O2/c1-3-14-9-6-8(13-12)10(15-4-2)5-7(9)11/h5H,3-4,6H2,1-2H3.